The Balaban J connectivity index is 0.000000149. The van der Waals surface area contributed by atoms with Gasteiger partial charge < -0.3 is 24.8 Å². The van der Waals surface area contributed by atoms with Crippen LogP contribution in [-0.4, -0.2) is 87.2 Å². The van der Waals surface area contributed by atoms with Crippen molar-refractivity contribution in [1.29, 1.82) is 0 Å². The van der Waals surface area contributed by atoms with Crippen molar-refractivity contribution in [3.8, 4) is 88.0 Å². The van der Waals surface area contributed by atoms with Gasteiger partial charge in [-0.15, -0.1) is 58.8 Å². The molecule has 10 aromatic rings. The van der Waals surface area contributed by atoms with Crippen LogP contribution in [0.4, 0.5) is 0 Å². The highest BCUT2D eigenvalue weighted by Crippen LogP contribution is 2.47. The maximum Gasteiger partial charge on any atom is 0.159 e. The highest BCUT2D eigenvalue weighted by Gasteiger charge is 2.33. The van der Waals surface area contributed by atoms with Crippen LogP contribution in [0.2, 0.25) is 0 Å². The molecule has 0 amide bonds. The van der Waals surface area contributed by atoms with E-state index in [1.807, 2.05) is 89.1 Å². The zero-order valence-corrected chi connectivity index (χ0v) is 76.7. The first-order valence-electron chi connectivity index (χ1n) is 40.8. The van der Waals surface area contributed by atoms with Crippen molar-refractivity contribution in [3.63, 3.8) is 0 Å². The van der Waals surface area contributed by atoms with Crippen LogP contribution in [0, 0.1) is 59.2 Å². The summed E-state index contributed by atoms with van der Waals surface area (Å²) < 4.78 is 10.8. The fraction of sp³-hybridized carbons (Fsp3) is 0.299. The van der Waals surface area contributed by atoms with E-state index in [0.29, 0.717) is 56.0 Å². The number of rotatable bonds is 7. The van der Waals surface area contributed by atoms with E-state index < -0.39 is 0 Å². The summed E-state index contributed by atoms with van der Waals surface area (Å²) in [4.78, 5) is 63.8. The Morgan fingerprint density at radius 1 is 0.262 bits per heavy atom. The Hall–Kier alpha value is -10.9. The molecule has 3 N–H and O–H groups in total. The summed E-state index contributed by atoms with van der Waals surface area (Å²) >= 11 is 9.55. The van der Waals surface area contributed by atoms with Crippen LogP contribution >= 0.6 is 58.8 Å². The molecule has 0 fully saturated rings. The van der Waals surface area contributed by atoms with Crippen molar-refractivity contribution >= 4 is 87.7 Å². The van der Waals surface area contributed by atoms with Crippen LogP contribution in [0.5, 0.6) is 28.7 Å². The van der Waals surface area contributed by atoms with Crippen molar-refractivity contribution in [2.45, 2.75) is 188 Å². The fourth-order valence-corrected chi connectivity index (χ4v) is 21.8. The molecule has 0 aromatic heterocycles. The second-order valence-electron chi connectivity index (χ2n) is 34.0. The Morgan fingerprint density at radius 2 is 0.451 bits per heavy atom. The van der Waals surface area contributed by atoms with E-state index in [2.05, 4.69) is 201 Å². The molecule has 5 aliphatic heterocycles. The number of carbonyl (C=O) groups excluding carboxylic acids is 5. The number of phenolic OH excluding ortho intramolecular Hbond substituents is 3. The summed E-state index contributed by atoms with van der Waals surface area (Å²) in [6.07, 6.45) is 5.85. The van der Waals surface area contributed by atoms with Gasteiger partial charge in [-0.2, -0.15) is 0 Å². The largest absolute Gasteiger partial charge is 0.507 e. The topological polar surface area (TPSA) is 164 Å². The number of aromatic hydroxyl groups is 3. The monoisotopic (exact) mass is 1710 g/mol. The van der Waals surface area contributed by atoms with Gasteiger partial charge in [0.25, 0.3) is 0 Å². The third-order valence-electron chi connectivity index (χ3n) is 22.6. The molecular weight excluding hydrogens is 1610 g/mol. The number of carbonyl (C=O) groups is 5. The Labute approximate surface area is 742 Å². The third kappa shape index (κ3) is 23.5. The van der Waals surface area contributed by atoms with E-state index in [0.717, 1.165) is 75.5 Å². The summed E-state index contributed by atoms with van der Waals surface area (Å²) in [5.41, 5.74) is 18.5. The Bertz CT molecular complexity index is 5590. The third-order valence-corrected chi connectivity index (χ3v) is 28.0. The maximum atomic E-state index is 11.5. The second-order valence-corrected chi connectivity index (χ2v) is 39.7. The van der Waals surface area contributed by atoms with Gasteiger partial charge in [-0.3, -0.25) is 24.0 Å². The molecule has 0 atom stereocenters. The molecule has 0 saturated heterocycles. The van der Waals surface area contributed by atoms with E-state index in [1.54, 1.807) is 88.7 Å². The van der Waals surface area contributed by atoms with Crippen LogP contribution in [0.1, 0.15) is 271 Å². The molecule has 5 aliphatic rings. The predicted octanol–water partition coefficient (Wildman–Crippen LogP) is 24.4. The number of hydrogen-bond donors (Lipinski definition) is 3. The molecule has 0 spiro atoms. The number of fused-ring (bicyclic) bond motifs is 5. The summed E-state index contributed by atoms with van der Waals surface area (Å²) in [6.45, 7) is 30.4. The van der Waals surface area contributed by atoms with Crippen molar-refractivity contribution in [2.75, 3.05) is 43.0 Å². The van der Waals surface area contributed by atoms with Crippen molar-refractivity contribution in [1.82, 2.24) is 0 Å². The molecule has 10 aromatic carbocycles. The maximum absolute atomic E-state index is 11.5. The number of ether oxygens (including phenoxy) is 2. The summed E-state index contributed by atoms with van der Waals surface area (Å²) in [6, 6.07) is 57.3. The summed E-state index contributed by atoms with van der Waals surface area (Å²) in [5, 5.41) is 30.1. The number of ketones is 5. The summed E-state index contributed by atoms with van der Waals surface area (Å²) in [7, 11) is 3.20. The van der Waals surface area contributed by atoms with Gasteiger partial charge in [0, 0.05) is 80.1 Å². The van der Waals surface area contributed by atoms with E-state index in [9.17, 15) is 39.3 Å². The molecule has 122 heavy (non-hydrogen) atoms. The number of hydrogen-bond acceptors (Lipinski definition) is 15. The van der Waals surface area contributed by atoms with Gasteiger partial charge >= 0.3 is 0 Å². The number of thioether (sulfide) groups is 5. The minimum Gasteiger partial charge on any atom is -0.507 e. The average Bonchev–Trinajstić information content (AvgIpc) is 0.804. The smallest absolute Gasteiger partial charge is 0.159 e. The first-order valence-corrected chi connectivity index (χ1v) is 45.7. The molecule has 0 aliphatic carbocycles. The Morgan fingerprint density at radius 3 is 0.639 bits per heavy atom. The van der Waals surface area contributed by atoms with Gasteiger partial charge in [-0.25, -0.2) is 0 Å². The van der Waals surface area contributed by atoms with Crippen LogP contribution in [0.15, 0.2) is 206 Å². The molecule has 622 valence electrons. The van der Waals surface area contributed by atoms with Gasteiger partial charge in [0.15, 0.2) is 28.9 Å². The molecule has 0 bridgehead atoms. The lowest BCUT2D eigenvalue weighted by Gasteiger charge is -2.32. The van der Waals surface area contributed by atoms with E-state index in [4.69, 9.17) is 9.47 Å². The first-order chi connectivity index (χ1) is 57.9. The van der Waals surface area contributed by atoms with Gasteiger partial charge in [-0.1, -0.05) is 128 Å². The predicted molar refractivity (Wildman–Crippen MR) is 504 cm³/mol. The van der Waals surface area contributed by atoms with Crippen molar-refractivity contribution in [2.24, 2.45) is 0 Å². The highest BCUT2D eigenvalue weighted by molar-refractivity contribution is 8.00. The van der Waals surface area contributed by atoms with Gasteiger partial charge in [0.1, 0.15) is 28.7 Å². The molecule has 15 rings (SSSR count). The van der Waals surface area contributed by atoms with Crippen LogP contribution in [0.3, 0.4) is 0 Å². The highest BCUT2D eigenvalue weighted by atomic mass is 32.2. The lowest BCUT2D eigenvalue weighted by Crippen LogP contribution is -2.22. The molecule has 15 heteroatoms. The average molecular weight is 1710 g/mol. The molecular formula is C107H104O10S5. The van der Waals surface area contributed by atoms with E-state index in [1.165, 1.54) is 116 Å². The molecule has 0 unspecified atom stereocenters. The zero-order valence-electron chi connectivity index (χ0n) is 72.6. The second kappa shape index (κ2) is 40.0. The zero-order chi connectivity index (χ0) is 88.0. The number of Topliss-reactive ketones (excluding diaryl/α,β-unsaturated/α-hetero) is 5. The lowest BCUT2D eigenvalue weighted by atomic mass is 9.81. The van der Waals surface area contributed by atoms with Crippen molar-refractivity contribution < 1.29 is 48.8 Å². The van der Waals surface area contributed by atoms with Crippen molar-refractivity contribution in [3.05, 3.63) is 293 Å². The number of phenols is 3. The standard InChI is InChI=1S/2C22H22O2S.3C21H20O2S/c2*1-15(23)18-9-8-17(20(14-18)24-4)7-5-16-6-10-21-19(13-16)22(2,3)11-12-25-21;3*1-14(22)17-8-7-16(19(23)13-17)6-4-15-5-9-20-18(12-15)21(2,3)10-11-24-20/h2*6,8-10,13-14H,11-12H2,1-4H3;3*5,7-9,12-13,23H,10-11H2,1-3H3. The molecule has 0 radical (unpaired) electrons. The summed E-state index contributed by atoms with van der Waals surface area (Å²) in [5.74, 6) is 38.3. The number of benzene rings is 10. The fourth-order valence-electron chi connectivity index (χ4n) is 14.4. The van der Waals surface area contributed by atoms with Gasteiger partial charge in [0.05, 0.1) is 42.0 Å². The van der Waals surface area contributed by atoms with Gasteiger partial charge in [-0.05, 0) is 332 Å². The van der Waals surface area contributed by atoms with E-state index in [-0.39, 0.29) is 73.2 Å². The molecule has 5 heterocycles. The number of methoxy groups -OCH3 is 2. The van der Waals surface area contributed by atoms with Crippen LogP contribution in [0.25, 0.3) is 0 Å². The Kier molecular flexibility index (Phi) is 30.1. The minimum atomic E-state index is -0.0702. The van der Waals surface area contributed by atoms with Crippen LogP contribution < -0.4 is 9.47 Å². The molecule has 10 nitrogen and oxygen atoms in total. The quantitative estimate of drug-likeness (QED) is 0.102. The van der Waals surface area contributed by atoms with Gasteiger partial charge in [0.2, 0.25) is 0 Å². The molecule has 0 saturated carbocycles. The first kappa shape index (κ1) is 91.8. The van der Waals surface area contributed by atoms with Crippen LogP contribution in [-0.2, 0) is 27.1 Å². The lowest BCUT2D eigenvalue weighted by molar-refractivity contribution is 0.100. The normalized spacial score (nSPS) is 15.0. The SMILES string of the molecule is CC(=O)c1ccc(C#Cc2ccc3c(c2)C(C)(C)CCS3)c(O)c1.CC(=O)c1ccc(C#Cc2ccc3c(c2)C(C)(C)CCS3)c(O)c1.CC(=O)c1ccc(C#Cc2ccc3c(c2)C(C)(C)CCS3)c(O)c1.COc1cc(C(C)=O)ccc1C#Cc1ccc2c(c1)C(C)(C)CCS2.COc1cc(C(C)=O)ccc1C#Cc1ccc2c(c1)C(C)(C)CCS2. The van der Waals surface area contributed by atoms with E-state index >= 15 is 0 Å². The minimum absolute atomic E-state index is 0.0206.